The Kier molecular flexibility index (Phi) is 5.59. The normalized spacial score (nSPS) is 15.0. The number of halogens is 1. The molecule has 0 aliphatic carbocycles. The van der Waals surface area contributed by atoms with Crippen LogP contribution in [-0.4, -0.2) is 41.3 Å². The first-order valence-electron chi connectivity index (χ1n) is 9.27. The number of para-hydroxylation sites is 1. The third kappa shape index (κ3) is 4.18. The van der Waals surface area contributed by atoms with Gasteiger partial charge >= 0.3 is 0 Å². The molecule has 0 unspecified atom stereocenters. The van der Waals surface area contributed by atoms with Gasteiger partial charge in [0.25, 0.3) is 5.91 Å². The number of amides is 2. The van der Waals surface area contributed by atoms with E-state index < -0.39 is 0 Å². The fourth-order valence-corrected chi connectivity index (χ4v) is 4.67. The SMILES string of the molecule is O=C(NCC(=O)N1CCC(c2nc3ccccc3s2)CC1)c1ccc(Cl)cc1. The van der Waals surface area contributed by atoms with Crippen molar-refractivity contribution in [1.82, 2.24) is 15.2 Å². The number of thiazole rings is 1. The molecular formula is C21H20ClN3O2S. The zero-order valence-electron chi connectivity index (χ0n) is 15.2. The molecule has 1 aliphatic rings. The zero-order valence-corrected chi connectivity index (χ0v) is 16.8. The summed E-state index contributed by atoms with van der Waals surface area (Å²) in [6.07, 6.45) is 1.80. The average Bonchev–Trinajstić information content (AvgIpc) is 3.16. The molecule has 3 aromatic rings. The number of fused-ring (bicyclic) bond motifs is 1. The third-order valence-electron chi connectivity index (χ3n) is 5.01. The summed E-state index contributed by atoms with van der Waals surface area (Å²) in [7, 11) is 0. The Morgan fingerprint density at radius 1 is 1.11 bits per heavy atom. The highest BCUT2D eigenvalue weighted by Gasteiger charge is 2.26. The van der Waals surface area contributed by atoms with Crippen LogP contribution in [0.1, 0.15) is 34.1 Å². The van der Waals surface area contributed by atoms with Crippen LogP contribution in [0.25, 0.3) is 10.2 Å². The van der Waals surface area contributed by atoms with Gasteiger partial charge in [0.1, 0.15) is 0 Å². The van der Waals surface area contributed by atoms with Gasteiger partial charge < -0.3 is 10.2 Å². The Bertz CT molecular complexity index is 961. The molecule has 1 fully saturated rings. The second kappa shape index (κ2) is 8.29. The number of nitrogens with one attached hydrogen (secondary N) is 1. The van der Waals surface area contributed by atoms with Crippen LogP contribution in [0.2, 0.25) is 5.02 Å². The van der Waals surface area contributed by atoms with Gasteiger partial charge in [-0.1, -0.05) is 23.7 Å². The summed E-state index contributed by atoms with van der Waals surface area (Å²) >= 11 is 7.57. The predicted molar refractivity (Wildman–Crippen MR) is 112 cm³/mol. The maximum Gasteiger partial charge on any atom is 0.251 e. The minimum absolute atomic E-state index is 0.00721. The Hall–Kier alpha value is -2.44. The van der Waals surface area contributed by atoms with Crippen molar-refractivity contribution >= 4 is 45.0 Å². The molecule has 0 atom stereocenters. The summed E-state index contributed by atoms with van der Waals surface area (Å²) in [5.74, 6) is 0.0737. The van der Waals surface area contributed by atoms with Crippen LogP contribution in [0.3, 0.4) is 0 Å². The van der Waals surface area contributed by atoms with Gasteiger partial charge in [-0.3, -0.25) is 9.59 Å². The summed E-state index contributed by atoms with van der Waals surface area (Å²) in [6.45, 7) is 1.39. The smallest absolute Gasteiger partial charge is 0.251 e. The van der Waals surface area contributed by atoms with Gasteiger partial charge in [-0.15, -0.1) is 11.3 Å². The van der Waals surface area contributed by atoms with Crippen molar-refractivity contribution in [2.75, 3.05) is 19.6 Å². The van der Waals surface area contributed by atoms with E-state index in [0.29, 0.717) is 29.6 Å². The molecular weight excluding hydrogens is 394 g/mol. The largest absolute Gasteiger partial charge is 0.343 e. The van der Waals surface area contributed by atoms with E-state index in [1.807, 2.05) is 23.1 Å². The van der Waals surface area contributed by atoms with E-state index in [-0.39, 0.29) is 18.4 Å². The molecule has 28 heavy (non-hydrogen) atoms. The van der Waals surface area contributed by atoms with E-state index in [9.17, 15) is 9.59 Å². The summed E-state index contributed by atoms with van der Waals surface area (Å²) < 4.78 is 1.21. The molecule has 1 aromatic heterocycles. The van der Waals surface area contributed by atoms with E-state index in [2.05, 4.69) is 11.4 Å². The van der Waals surface area contributed by atoms with Gasteiger partial charge in [0.15, 0.2) is 0 Å². The molecule has 2 amide bonds. The third-order valence-corrected chi connectivity index (χ3v) is 6.46. The minimum atomic E-state index is -0.269. The molecule has 5 nitrogen and oxygen atoms in total. The summed E-state index contributed by atoms with van der Waals surface area (Å²) in [6, 6.07) is 14.8. The van der Waals surface area contributed by atoms with Crippen molar-refractivity contribution < 1.29 is 9.59 Å². The number of carbonyl (C=O) groups is 2. The van der Waals surface area contributed by atoms with Crippen molar-refractivity contribution in [1.29, 1.82) is 0 Å². The van der Waals surface area contributed by atoms with Gasteiger partial charge in [-0.2, -0.15) is 0 Å². The highest BCUT2D eigenvalue weighted by Crippen LogP contribution is 2.33. The Balaban J connectivity index is 1.29. The van der Waals surface area contributed by atoms with E-state index in [1.165, 1.54) is 4.70 Å². The fourth-order valence-electron chi connectivity index (χ4n) is 3.41. The van der Waals surface area contributed by atoms with Gasteiger partial charge in [0.05, 0.1) is 21.8 Å². The molecule has 0 saturated carbocycles. The molecule has 0 spiro atoms. The molecule has 0 bridgehead atoms. The minimum Gasteiger partial charge on any atom is -0.343 e. The lowest BCUT2D eigenvalue weighted by atomic mass is 9.97. The molecule has 144 valence electrons. The molecule has 1 N–H and O–H groups in total. The molecule has 1 saturated heterocycles. The van der Waals surface area contributed by atoms with Crippen LogP contribution in [0, 0.1) is 0 Å². The second-order valence-electron chi connectivity index (χ2n) is 6.86. The van der Waals surface area contributed by atoms with Crippen molar-refractivity contribution in [3.8, 4) is 0 Å². The van der Waals surface area contributed by atoms with Crippen LogP contribution in [0.4, 0.5) is 0 Å². The van der Waals surface area contributed by atoms with Crippen molar-refractivity contribution in [3.63, 3.8) is 0 Å². The summed E-state index contributed by atoms with van der Waals surface area (Å²) in [5.41, 5.74) is 1.54. The number of hydrogen-bond donors (Lipinski definition) is 1. The van der Waals surface area contributed by atoms with Crippen LogP contribution in [-0.2, 0) is 4.79 Å². The monoisotopic (exact) mass is 413 g/mol. The first kappa shape index (κ1) is 18.9. The number of carbonyl (C=O) groups excluding carboxylic acids is 2. The maximum atomic E-state index is 12.4. The van der Waals surface area contributed by atoms with Gasteiger partial charge in [-0.25, -0.2) is 4.98 Å². The zero-order chi connectivity index (χ0) is 19.5. The first-order valence-corrected chi connectivity index (χ1v) is 10.5. The van der Waals surface area contributed by atoms with Crippen molar-refractivity contribution in [2.24, 2.45) is 0 Å². The summed E-state index contributed by atoms with van der Waals surface area (Å²) in [4.78, 5) is 31.2. The lowest BCUT2D eigenvalue weighted by molar-refractivity contribution is -0.131. The Morgan fingerprint density at radius 2 is 1.82 bits per heavy atom. The molecule has 7 heteroatoms. The van der Waals surface area contributed by atoms with Crippen molar-refractivity contribution in [3.05, 3.63) is 64.1 Å². The van der Waals surface area contributed by atoms with Crippen LogP contribution < -0.4 is 5.32 Å². The Labute approximate surface area is 172 Å². The molecule has 2 heterocycles. The van der Waals surface area contributed by atoms with Gasteiger partial charge in [-0.05, 0) is 49.2 Å². The summed E-state index contributed by atoms with van der Waals surface area (Å²) in [5, 5.41) is 4.42. The Morgan fingerprint density at radius 3 is 2.54 bits per heavy atom. The lowest BCUT2D eigenvalue weighted by Crippen LogP contribution is -2.43. The van der Waals surface area contributed by atoms with Crippen LogP contribution >= 0.6 is 22.9 Å². The maximum absolute atomic E-state index is 12.4. The highest BCUT2D eigenvalue weighted by molar-refractivity contribution is 7.18. The highest BCUT2D eigenvalue weighted by atomic mass is 35.5. The number of piperidine rings is 1. The van der Waals surface area contributed by atoms with Crippen LogP contribution in [0.15, 0.2) is 48.5 Å². The standard InChI is InChI=1S/C21H20ClN3O2S/c22-16-7-5-14(6-8-16)20(27)23-13-19(26)25-11-9-15(10-12-25)21-24-17-3-1-2-4-18(17)28-21/h1-8,15H,9-13H2,(H,23,27). The first-order chi connectivity index (χ1) is 13.6. The van der Waals surface area contributed by atoms with Crippen molar-refractivity contribution in [2.45, 2.75) is 18.8 Å². The van der Waals surface area contributed by atoms with Gasteiger partial charge in [0.2, 0.25) is 5.91 Å². The quantitative estimate of drug-likeness (QED) is 0.700. The second-order valence-corrected chi connectivity index (χ2v) is 8.36. The molecule has 4 rings (SSSR count). The number of rotatable bonds is 4. The number of aromatic nitrogens is 1. The van der Waals surface area contributed by atoms with E-state index in [4.69, 9.17) is 16.6 Å². The molecule has 0 radical (unpaired) electrons. The predicted octanol–water partition coefficient (Wildman–Crippen LogP) is 4.09. The number of likely N-dealkylation sites (tertiary alicyclic amines) is 1. The van der Waals surface area contributed by atoms with E-state index in [1.54, 1.807) is 35.6 Å². The number of benzene rings is 2. The topological polar surface area (TPSA) is 62.3 Å². The molecule has 1 aliphatic heterocycles. The number of hydrogen-bond acceptors (Lipinski definition) is 4. The van der Waals surface area contributed by atoms with Crippen LogP contribution in [0.5, 0.6) is 0 Å². The van der Waals surface area contributed by atoms with Gasteiger partial charge in [0, 0.05) is 29.6 Å². The molecule has 2 aromatic carbocycles. The van der Waals surface area contributed by atoms with E-state index >= 15 is 0 Å². The lowest BCUT2D eigenvalue weighted by Gasteiger charge is -2.31. The van der Waals surface area contributed by atoms with E-state index in [0.717, 1.165) is 23.4 Å². The fraction of sp³-hybridized carbons (Fsp3) is 0.286. The average molecular weight is 414 g/mol. The number of nitrogens with zero attached hydrogens (tertiary/aromatic N) is 2.